The Morgan fingerprint density at radius 1 is 0.897 bits per heavy atom. The van der Waals surface area contributed by atoms with Crippen LogP contribution in [0, 0.1) is 0 Å². The van der Waals surface area contributed by atoms with Crippen LogP contribution in [0.5, 0.6) is 23.0 Å². The highest BCUT2D eigenvalue weighted by Crippen LogP contribution is 2.40. The van der Waals surface area contributed by atoms with Crippen LogP contribution >= 0.6 is 0 Å². The predicted molar refractivity (Wildman–Crippen MR) is 105 cm³/mol. The molecule has 1 N–H and O–H groups in total. The second-order valence-electron chi connectivity index (χ2n) is 5.84. The molecule has 3 aromatic heterocycles. The number of anilines is 1. The average Bonchev–Trinajstić information content (AvgIpc) is 3.21. The van der Waals surface area contributed by atoms with Gasteiger partial charge in [-0.2, -0.15) is 4.98 Å². The molecule has 9 nitrogen and oxygen atoms in total. The van der Waals surface area contributed by atoms with Crippen molar-refractivity contribution in [3.8, 4) is 34.5 Å². The van der Waals surface area contributed by atoms with Gasteiger partial charge < -0.3 is 23.5 Å². The van der Waals surface area contributed by atoms with Crippen LogP contribution < -0.4 is 24.5 Å². The number of nitrogens with one attached hydrogen (secondary N) is 1. The van der Waals surface area contributed by atoms with Crippen molar-refractivity contribution in [2.75, 3.05) is 26.8 Å². The van der Waals surface area contributed by atoms with Gasteiger partial charge in [-0.05, 0) is 24.3 Å². The standard InChI is InChI=1S/C20H18N4O5/c1-25-15-10-13(11-16(26-2)18(15)27-3)29-24-17-9-12(6-8-21-17)20-23-19-14(28-20)5-4-7-22-19/h4-11H,1-3H3,(H,21,24). The van der Waals surface area contributed by atoms with Crippen molar-refractivity contribution < 1.29 is 23.5 Å². The number of hydrogen-bond acceptors (Lipinski definition) is 9. The monoisotopic (exact) mass is 394 g/mol. The van der Waals surface area contributed by atoms with Crippen molar-refractivity contribution in [2.24, 2.45) is 0 Å². The number of fused-ring (bicyclic) bond motifs is 1. The molecule has 0 aliphatic rings. The molecule has 0 fully saturated rings. The van der Waals surface area contributed by atoms with Crippen molar-refractivity contribution in [1.82, 2.24) is 15.0 Å². The Kier molecular flexibility index (Phi) is 5.02. The molecular formula is C20H18N4O5. The summed E-state index contributed by atoms with van der Waals surface area (Å²) in [7, 11) is 4.61. The fourth-order valence-corrected chi connectivity index (χ4v) is 2.74. The van der Waals surface area contributed by atoms with Crippen LogP contribution in [0.2, 0.25) is 0 Å². The normalized spacial score (nSPS) is 10.6. The van der Waals surface area contributed by atoms with E-state index in [9.17, 15) is 0 Å². The maximum atomic E-state index is 5.74. The Balaban J connectivity index is 1.56. The third-order valence-electron chi connectivity index (χ3n) is 4.08. The number of nitrogens with zero attached hydrogens (tertiary/aromatic N) is 3. The number of methoxy groups -OCH3 is 3. The van der Waals surface area contributed by atoms with E-state index in [0.29, 0.717) is 45.9 Å². The summed E-state index contributed by atoms with van der Waals surface area (Å²) in [5.41, 5.74) is 4.68. The van der Waals surface area contributed by atoms with Crippen LogP contribution in [-0.2, 0) is 0 Å². The number of pyridine rings is 2. The Morgan fingerprint density at radius 2 is 1.69 bits per heavy atom. The van der Waals surface area contributed by atoms with Crippen molar-refractivity contribution in [3.05, 3.63) is 48.8 Å². The Labute approximate surface area is 166 Å². The van der Waals surface area contributed by atoms with Crippen molar-refractivity contribution in [3.63, 3.8) is 0 Å². The predicted octanol–water partition coefficient (Wildman–Crippen LogP) is 3.72. The van der Waals surface area contributed by atoms with E-state index in [4.69, 9.17) is 23.5 Å². The first-order valence-electron chi connectivity index (χ1n) is 8.62. The third-order valence-corrected chi connectivity index (χ3v) is 4.08. The summed E-state index contributed by atoms with van der Waals surface area (Å²) in [4.78, 5) is 18.4. The summed E-state index contributed by atoms with van der Waals surface area (Å²) in [5.74, 6) is 2.79. The number of oxazole rings is 1. The van der Waals surface area contributed by atoms with Gasteiger partial charge in [-0.3, -0.25) is 0 Å². The molecule has 0 atom stereocenters. The molecule has 0 aliphatic carbocycles. The molecule has 4 aromatic rings. The SMILES string of the molecule is COc1cc(ONc2cc(-c3nc4ncccc4o3)ccn2)cc(OC)c1OC. The highest BCUT2D eigenvalue weighted by atomic mass is 16.6. The smallest absolute Gasteiger partial charge is 0.229 e. The lowest BCUT2D eigenvalue weighted by Gasteiger charge is -2.14. The molecule has 0 amide bonds. The second kappa shape index (κ2) is 7.93. The molecule has 0 aliphatic heterocycles. The number of hydrogen-bond donors (Lipinski definition) is 1. The Hall–Kier alpha value is -4.01. The molecule has 0 bridgehead atoms. The third kappa shape index (κ3) is 3.70. The molecule has 1 aromatic carbocycles. The molecule has 0 radical (unpaired) electrons. The summed E-state index contributed by atoms with van der Waals surface area (Å²) >= 11 is 0. The van der Waals surface area contributed by atoms with Gasteiger partial charge in [-0.15, -0.1) is 0 Å². The molecule has 29 heavy (non-hydrogen) atoms. The molecule has 0 saturated heterocycles. The van der Waals surface area contributed by atoms with E-state index in [2.05, 4.69) is 20.4 Å². The molecule has 0 unspecified atom stereocenters. The molecular weight excluding hydrogens is 376 g/mol. The minimum Gasteiger partial charge on any atom is -0.493 e. The molecule has 3 heterocycles. The van der Waals surface area contributed by atoms with E-state index >= 15 is 0 Å². The van der Waals surface area contributed by atoms with Crippen molar-refractivity contribution in [1.29, 1.82) is 0 Å². The fourth-order valence-electron chi connectivity index (χ4n) is 2.74. The second-order valence-corrected chi connectivity index (χ2v) is 5.84. The minimum atomic E-state index is 0.442. The van der Waals surface area contributed by atoms with E-state index in [1.807, 2.05) is 6.07 Å². The lowest BCUT2D eigenvalue weighted by atomic mass is 10.2. The average molecular weight is 394 g/mol. The van der Waals surface area contributed by atoms with E-state index in [0.717, 1.165) is 5.56 Å². The first kappa shape index (κ1) is 18.4. The quantitative estimate of drug-likeness (QED) is 0.470. The molecule has 9 heteroatoms. The largest absolute Gasteiger partial charge is 0.493 e. The van der Waals surface area contributed by atoms with Gasteiger partial charge in [0.05, 0.1) is 21.3 Å². The van der Waals surface area contributed by atoms with E-state index < -0.39 is 0 Å². The zero-order chi connectivity index (χ0) is 20.2. The highest BCUT2D eigenvalue weighted by Gasteiger charge is 2.15. The lowest BCUT2D eigenvalue weighted by molar-refractivity contribution is 0.318. The summed E-state index contributed by atoms with van der Waals surface area (Å²) in [5, 5.41) is 0. The van der Waals surface area contributed by atoms with E-state index in [1.165, 1.54) is 21.3 Å². The van der Waals surface area contributed by atoms with Crippen LogP contribution in [-0.4, -0.2) is 36.3 Å². The van der Waals surface area contributed by atoms with Crippen LogP contribution in [0.25, 0.3) is 22.7 Å². The summed E-state index contributed by atoms with van der Waals surface area (Å²) in [6.45, 7) is 0. The lowest BCUT2D eigenvalue weighted by Crippen LogP contribution is -2.07. The summed E-state index contributed by atoms with van der Waals surface area (Å²) in [6.07, 6.45) is 3.29. The number of aromatic nitrogens is 3. The zero-order valence-corrected chi connectivity index (χ0v) is 16.0. The number of benzene rings is 1. The maximum Gasteiger partial charge on any atom is 0.229 e. The first-order valence-corrected chi connectivity index (χ1v) is 8.62. The Morgan fingerprint density at radius 3 is 2.38 bits per heavy atom. The van der Waals surface area contributed by atoms with E-state index in [1.54, 1.807) is 42.7 Å². The summed E-state index contributed by atoms with van der Waals surface area (Å²) in [6, 6.07) is 10.5. The van der Waals surface area contributed by atoms with Gasteiger partial charge in [0.25, 0.3) is 0 Å². The Bertz CT molecular complexity index is 1090. The molecule has 148 valence electrons. The van der Waals surface area contributed by atoms with Gasteiger partial charge in [-0.25, -0.2) is 15.4 Å². The number of ether oxygens (including phenoxy) is 3. The minimum absolute atomic E-state index is 0.442. The van der Waals surface area contributed by atoms with Crippen LogP contribution in [0.1, 0.15) is 0 Å². The van der Waals surface area contributed by atoms with Gasteiger partial charge >= 0.3 is 0 Å². The van der Waals surface area contributed by atoms with Gasteiger partial charge in [0.1, 0.15) is 0 Å². The van der Waals surface area contributed by atoms with Crippen LogP contribution in [0.4, 0.5) is 5.82 Å². The van der Waals surface area contributed by atoms with Gasteiger partial charge in [0.15, 0.2) is 34.3 Å². The number of rotatable bonds is 7. The fraction of sp³-hybridized carbons (Fsp3) is 0.150. The van der Waals surface area contributed by atoms with Gasteiger partial charge in [-0.1, -0.05) is 0 Å². The van der Waals surface area contributed by atoms with Gasteiger partial charge in [0, 0.05) is 30.1 Å². The van der Waals surface area contributed by atoms with Crippen LogP contribution in [0.15, 0.2) is 53.2 Å². The molecule has 0 saturated carbocycles. The van der Waals surface area contributed by atoms with Gasteiger partial charge in [0.2, 0.25) is 11.6 Å². The molecule has 4 rings (SSSR count). The van der Waals surface area contributed by atoms with Crippen molar-refractivity contribution in [2.45, 2.75) is 0 Å². The molecule has 0 spiro atoms. The topological polar surface area (TPSA) is 101 Å². The zero-order valence-electron chi connectivity index (χ0n) is 16.0. The highest BCUT2D eigenvalue weighted by molar-refractivity contribution is 5.72. The van der Waals surface area contributed by atoms with Crippen LogP contribution in [0.3, 0.4) is 0 Å². The summed E-state index contributed by atoms with van der Waals surface area (Å²) < 4.78 is 21.7. The first-order chi connectivity index (χ1) is 14.2. The van der Waals surface area contributed by atoms with Crippen molar-refractivity contribution >= 4 is 17.0 Å². The maximum absolute atomic E-state index is 5.74. The van der Waals surface area contributed by atoms with E-state index in [-0.39, 0.29) is 0 Å².